The minimum Gasteiger partial charge on any atom is -0.444 e. The summed E-state index contributed by atoms with van der Waals surface area (Å²) in [4.78, 5) is 40.4. The van der Waals surface area contributed by atoms with Crippen LogP contribution < -0.4 is 21.7 Å². The van der Waals surface area contributed by atoms with E-state index in [1.54, 1.807) is 24.1 Å². The van der Waals surface area contributed by atoms with Gasteiger partial charge < -0.3 is 31.3 Å². The van der Waals surface area contributed by atoms with Gasteiger partial charge in [-0.25, -0.2) is 4.79 Å². The fourth-order valence-electron chi connectivity index (χ4n) is 2.66. The maximum atomic E-state index is 12.0. The minimum absolute atomic E-state index is 0. The first-order valence-corrected chi connectivity index (χ1v) is 9.68. The zero-order valence-corrected chi connectivity index (χ0v) is 20.6. The van der Waals surface area contributed by atoms with Crippen molar-refractivity contribution in [3.05, 3.63) is 35.4 Å². The molecule has 1 aromatic carbocycles. The van der Waals surface area contributed by atoms with Crippen LogP contribution >= 0.6 is 24.0 Å². The van der Waals surface area contributed by atoms with Gasteiger partial charge in [0.05, 0.1) is 12.6 Å². The van der Waals surface area contributed by atoms with Gasteiger partial charge in [0.1, 0.15) is 5.60 Å². The summed E-state index contributed by atoms with van der Waals surface area (Å²) in [6.07, 6.45) is -0.316. The number of nitrogens with one attached hydrogen (secondary N) is 3. The van der Waals surface area contributed by atoms with Crippen LogP contribution in [0.4, 0.5) is 4.79 Å². The summed E-state index contributed by atoms with van der Waals surface area (Å²) < 4.78 is 5.34. The highest BCUT2D eigenvalue weighted by atomic mass is 127. The first kappa shape index (κ1) is 26.5. The molecule has 5 N–H and O–H groups in total. The van der Waals surface area contributed by atoms with E-state index in [2.05, 4.69) is 20.9 Å². The van der Waals surface area contributed by atoms with E-state index >= 15 is 0 Å². The van der Waals surface area contributed by atoms with Gasteiger partial charge in [0.25, 0.3) is 5.91 Å². The molecule has 0 aromatic heterocycles. The van der Waals surface area contributed by atoms with E-state index in [0.29, 0.717) is 31.2 Å². The number of nitrogens with zero attached hydrogens (tertiary/aromatic N) is 2. The summed E-state index contributed by atoms with van der Waals surface area (Å²) in [7, 11) is 1.67. The third-order valence-electron chi connectivity index (χ3n) is 4.20. The van der Waals surface area contributed by atoms with Gasteiger partial charge in [0.2, 0.25) is 5.91 Å². The fraction of sp³-hybridized carbons (Fsp3) is 0.500. The lowest BCUT2D eigenvalue weighted by molar-refractivity contribution is -0.117. The van der Waals surface area contributed by atoms with Gasteiger partial charge in [0.15, 0.2) is 5.96 Å². The molecule has 1 aliphatic heterocycles. The molecule has 11 heteroatoms. The molecule has 0 radical (unpaired) electrons. The van der Waals surface area contributed by atoms with Crippen LogP contribution in [-0.2, 0) is 16.1 Å². The van der Waals surface area contributed by atoms with E-state index in [4.69, 9.17) is 10.5 Å². The van der Waals surface area contributed by atoms with E-state index in [0.717, 1.165) is 5.56 Å². The highest BCUT2D eigenvalue weighted by molar-refractivity contribution is 14.0. The smallest absolute Gasteiger partial charge is 0.410 e. The van der Waals surface area contributed by atoms with E-state index < -0.39 is 11.5 Å². The van der Waals surface area contributed by atoms with Crippen molar-refractivity contribution >= 4 is 47.8 Å². The SMILES string of the molecule is CN=C(NCc1ccc(C(=O)NCC(N)=O)cc1)NC1CN(C(=O)OC(C)(C)C)C1.I. The number of hydrogen-bond donors (Lipinski definition) is 4. The van der Waals surface area contributed by atoms with Crippen molar-refractivity contribution in [2.24, 2.45) is 10.7 Å². The van der Waals surface area contributed by atoms with Crippen molar-refractivity contribution in [3.63, 3.8) is 0 Å². The molecule has 0 unspecified atom stereocenters. The Morgan fingerprint density at radius 2 is 1.77 bits per heavy atom. The number of amides is 3. The van der Waals surface area contributed by atoms with Crippen LogP contribution in [0.25, 0.3) is 0 Å². The van der Waals surface area contributed by atoms with Crippen LogP contribution in [0.15, 0.2) is 29.3 Å². The summed E-state index contributed by atoms with van der Waals surface area (Å²) in [6.45, 7) is 6.92. The first-order valence-electron chi connectivity index (χ1n) is 9.68. The van der Waals surface area contributed by atoms with Crippen molar-refractivity contribution in [2.45, 2.75) is 39.0 Å². The van der Waals surface area contributed by atoms with E-state index in [9.17, 15) is 14.4 Å². The first-order chi connectivity index (χ1) is 14.1. The average Bonchev–Trinajstić information content (AvgIpc) is 2.63. The van der Waals surface area contributed by atoms with Crippen molar-refractivity contribution in [1.29, 1.82) is 0 Å². The predicted octanol–water partition coefficient (Wildman–Crippen LogP) is 0.804. The minimum atomic E-state index is -0.594. The van der Waals surface area contributed by atoms with Crippen LogP contribution in [0.3, 0.4) is 0 Å². The Labute approximate surface area is 199 Å². The zero-order chi connectivity index (χ0) is 22.3. The quantitative estimate of drug-likeness (QED) is 0.237. The molecule has 0 atom stereocenters. The Morgan fingerprint density at radius 3 is 2.29 bits per heavy atom. The topological polar surface area (TPSA) is 138 Å². The van der Waals surface area contributed by atoms with Crippen LogP contribution in [0.2, 0.25) is 0 Å². The Balaban J connectivity index is 0.00000480. The summed E-state index contributed by atoms with van der Waals surface area (Å²) in [5.41, 5.74) is 5.90. The number of aliphatic imine (C=N–C) groups is 1. The number of carbonyl (C=O) groups is 3. The Kier molecular flexibility index (Phi) is 10.0. The van der Waals surface area contributed by atoms with Gasteiger partial charge in [-0.1, -0.05) is 12.1 Å². The fourth-order valence-corrected chi connectivity index (χ4v) is 2.66. The molecule has 0 saturated carbocycles. The maximum absolute atomic E-state index is 12.0. The standard InChI is InChI=1S/C20H30N6O4.HI/c1-20(2,3)30-19(29)26-11-15(12-26)25-18(22-4)24-9-13-5-7-14(8-6-13)17(28)23-10-16(21)27;/h5-8,15H,9-12H2,1-4H3,(H2,21,27)(H,23,28)(H2,22,24,25);1H. The maximum Gasteiger partial charge on any atom is 0.410 e. The van der Waals surface area contributed by atoms with Crippen molar-refractivity contribution < 1.29 is 19.1 Å². The van der Waals surface area contributed by atoms with E-state index in [-0.39, 0.29) is 48.6 Å². The van der Waals surface area contributed by atoms with Crippen LogP contribution in [0, 0.1) is 0 Å². The van der Waals surface area contributed by atoms with Gasteiger partial charge in [-0.15, -0.1) is 24.0 Å². The normalized spacial score (nSPS) is 14.1. The van der Waals surface area contributed by atoms with Crippen LogP contribution in [-0.4, -0.2) is 67.1 Å². The summed E-state index contributed by atoms with van der Waals surface area (Å²) >= 11 is 0. The number of primary amides is 1. The number of rotatable bonds is 6. The zero-order valence-electron chi connectivity index (χ0n) is 18.2. The lowest BCUT2D eigenvalue weighted by Crippen LogP contribution is -2.63. The van der Waals surface area contributed by atoms with Crippen LogP contribution in [0.5, 0.6) is 0 Å². The lowest BCUT2D eigenvalue weighted by atomic mass is 10.1. The van der Waals surface area contributed by atoms with Crippen molar-refractivity contribution in [2.75, 3.05) is 26.7 Å². The molecule has 0 spiro atoms. The molecular formula is C20H31IN6O4. The molecule has 10 nitrogen and oxygen atoms in total. The number of benzene rings is 1. The molecule has 1 heterocycles. The molecule has 1 saturated heterocycles. The van der Waals surface area contributed by atoms with Gasteiger partial charge >= 0.3 is 6.09 Å². The molecular weight excluding hydrogens is 515 g/mol. The second kappa shape index (κ2) is 11.7. The van der Waals surface area contributed by atoms with E-state index in [1.165, 1.54) is 0 Å². The second-order valence-electron chi connectivity index (χ2n) is 8.00. The highest BCUT2D eigenvalue weighted by Crippen LogP contribution is 2.15. The number of carbonyl (C=O) groups excluding carboxylic acids is 3. The van der Waals surface area contributed by atoms with Gasteiger partial charge in [0, 0.05) is 32.2 Å². The molecule has 172 valence electrons. The molecule has 1 aromatic rings. The summed E-state index contributed by atoms with van der Waals surface area (Å²) in [6, 6.07) is 7.07. The van der Waals surface area contributed by atoms with E-state index in [1.807, 2.05) is 32.9 Å². The highest BCUT2D eigenvalue weighted by Gasteiger charge is 2.34. The molecule has 1 aliphatic rings. The summed E-state index contributed by atoms with van der Waals surface area (Å²) in [5, 5.41) is 8.90. The molecule has 0 aliphatic carbocycles. The van der Waals surface area contributed by atoms with Crippen molar-refractivity contribution in [3.8, 4) is 0 Å². The summed E-state index contributed by atoms with van der Waals surface area (Å²) in [5.74, 6) is -0.332. The molecule has 31 heavy (non-hydrogen) atoms. The van der Waals surface area contributed by atoms with Gasteiger partial charge in [-0.2, -0.15) is 0 Å². The Hall–Kier alpha value is -2.57. The average molecular weight is 546 g/mol. The second-order valence-corrected chi connectivity index (χ2v) is 8.00. The largest absolute Gasteiger partial charge is 0.444 e. The lowest BCUT2D eigenvalue weighted by Gasteiger charge is -2.40. The van der Waals surface area contributed by atoms with Crippen LogP contribution in [0.1, 0.15) is 36.7 Å². The Bertz CT molecular complexity index is 801. The number of ether oxygens (including phenoxy) is 1. The molecule has 2 rings (SSSR count). The number of nitrogens with two attached hydrogens (primary N) is 1. The molecule has 3 amide bonds. The number of guanidine groups is 1. The van der Waals surface area contributed by atoms with Gasteiger partial charge in [-0.3, -0.25) is 14.6 Å². The molecule has 0 bridgehead atoms. The monoisotopic (exact) mass is 546 g/mol. The predicted molar refractivity (Wildman–Crippen MR) is 128 cm³/mol. The van der Waals surface area contributed by atoms with Crippen molar-refractivity contribution in [1.82, 2.24) is 20.9 Å². The molecule has 1 fully saturated rings. The third kappa shape index (κ3) is 8.99. The number of halogens is 1. The number of likely N-dealkylation sites (tertiary alicyclic amines) is 1. The van der Waals surface area contributed by atoms with Gasteiger partial charge in [-0.05, 0) is 38.5 Å². The third-order valence-corrected chi connectivity index (χ3v) is 4.20. The Morgan fingerprint density at radius 1 is 1.16 bits per heavy atom. The number of hydrogen-bond acceptors (Lipinski definition) is 5.